The fourth-order valence-corrected chi connectivity index (χ4v) is 2.90. The molecule has 16 heavy (non-hydrogen) atoms. The predicted octanol–water partition coefficient (Wildman–Crippen LogP) is 2.62. The van der Waals surface area contributed by atoms with Crippen LogP contribution >= 0.6 is 0 Å². The summed E-state index contributed by atoms with van der Waals surface area (Å²) in [7, 11) is 0. The maximum absolute atomic E-state index is 6.00. The maximum atomic E-state index is 6.00. The van der Waals surface area contributed by atoms with Gasteiger partial charge >= 0.3 is 0 Å². The van der Waals surface area contributed by atoms with Crippen LogP contribution in [0.3, 0.4) is 0 Å². The summed E-state index contributed by atoms with van der Waals surface area (Å²) >= 11 is 0. The molecule has 0 radical (unpaired) electrons. The van der Waals surface area contributed by atoms with Gasteiger partial charge in [0.15, 0.2) is 0 Å². The minimum atomic E-state index is 0.496. The molecule has 2 saturated carbocycles. The highest BCUT2D eigenvalue weighted by molar-refractivity contribution is 4.88. The fourth-order valence-electron chi connectivity index (χ4n) is 2.90. The van der Waals surface area contributed by atoms with Gasteiger partial charge in [0.05, 0.1) is 0 Å². The van der Waals surface area contributed by atoms with E-state index in [-0.39, 0.29) is 0 Å². The second kappa shape index (κ2) is 5.50. The molecule has 0 saturated heterocycles. The van der Waals surface area contributed by atoms with Gasteiger partial charge in [-0.15, -0.1) is 0 Å². The van der Waals surface area contributed by atoms with Gasteiger partial charge in [-0.05, 0) is 56.9 Å². The molecule has 0 heterocycles. The van der Waals surface area contributed by atoms with Crippen LogP contribution in [0.4, 0.5) is 0 Å². The third kappa shape index (κ3) is 3.74. The molecular formula is C14H28N2. The van der Waals surface area contributed by atoms with Crippen LogP contribution < -0.4 is 5.73 Å². The average Bonchev–Trinajstić information content (AvgIpc) is 2.98. The topological polar surface area (TPSA) is 29.3 Å². The summed E-state index contributed by atoms with van der Waals surface area (Å²) in [5.74, 6) is 1.73. The number of hydrogen-bond donors (Lipinski definition) is 1. The molecule has 2 atom stereocenters. The van der Waals surface area contributed by atoms with Crippen molar-refractivity contribution in [3.63, 3.8) is 0 Å². The van der Waals surface area contributed by atoms with E-state index in [1.807, 2.05) is 0 Å². The Morgan fingerprint density at radius 3 is 2.44 bits per heavy atom. The zero-order valence-corrected chi connectivity index (χ0v) is 11.0. The molecule has 2 fully saturated rings. The van der Waals surface area contributed by atoms with Crippen LogP contribution in [0.2, 0.25) is 0 Å². The fraction of sp³-hybridized carbons (Fsp3) is 1.00. The molecule has 0 spiro atoms. The zero-order chi connectivity index (χ0) is 11.5. The second-order valence-corrected chi connectivity index (χ2v) is 6.35. The molecule has 2 unspecified atom stereocenters. The summed E-state index contributed by atoms with van der Waals surface area (Å²) in [5.41, 5.74) is 6.00. The molecular weight excluding hydrogens is 196 g/mol. The molecule has 2 heteroatoms. The van der Waals surface area contributed by atoms with E-state index < -0.39 is 0 Å². The second-order valence-electron chi connectivity index (χ2n) is 6.35. The normalized spacial score (nSPS) is 30.6. The van der Waals surface area contributed by atoms with Crippen molar-refractivity contribution in [1.29, 1.82) is 0 Å². The van der Waals surface area contributed by atoms with Crippen LogP contribution in [-0.4, -0.2) is 30.1 Å². The van der Waals surface area contributed by atoms with Crippen molar-refractivity contribution in [3.8, 4) is 0 Å². The van der Waals surface area contributed by atoms with Crippen molar-refractivity contribution < 1.29 is 0 Å². The van der Waals surface area contributed by atoms with Crippen LogP contribution in [0.5, 0.6) is 0 Å². The number of nitrogens with zero attached hydrogens (tertiary/aromatic N) is 1. The molecule has 2 nitrogen and oxygen atoms in total. The number of hydrogen-bond acceptors (Lipinski definition) is 2. The molecule has 94 valence electrons. The van der Waals surface area contributed by atoms with Gasteiger partial charge in [0.2, 0.25) is 0 Å². The minimum absolute atomic E-state index is 0.496. The predicted molar refractivity (Wildman–Crippen MR) is 69.4 cm³/mol. The lowest BCUT2D eigenvalue weighted by Gasteiger charge is -2.26. The summed E-state index contributed by atoms with van der Waals surface area (Å²) in [6.07, 6.45) is 8.13. The van der Waals surface area contributed by atoms with Gasteiger partial charge in [-0.25, -0.2) is 0 Å². The Bertz CT molecular complexity index is 211. The van der Waals surface area contributed by atoms with Gasteiger partial charge in [0.25, 0.3) is 0 Å². The van der Waals surface area contributed by atoms with E-state index in [2.05, 4.69) is 18.7 Å². The first-order chi connectivity index (χ1) is 7.65. The van der Waals surface area contributed by atoms with Crippen molar-refractivity contribution in [1.82, 2.24) is 4.90 Å². The van der Waals surface area contributed by atoms with Crippen molar-refractivity contribution >= 4 is 0 Å². The SMILES string of the molecule is CC(C)CCN(CC1CCC(N)C1)C1CC1. The van der Waals surface area contributed by atoms with Crippen LogP contribution in [0.15, 0.2) is 0 Å². The molecule has 0 amide bonds. The molecule has 0 aliphatic heterocycles. The number of nitrogens with two attached hydrogens (primary N) is 1. The molecule has 2 aliphatic carbocycles. The molecule has 0 bridgehead atoms. The van der Waals surface area contributed by atoms with Crippen molar-refractivity contribution in [2.24, 2.45) is 17.6 Å². The Hall–Kier alpha value is -0.0800. The Balaban J connectivity index is 1.74. The standard InChI is InChI=1S/C14H28N2/c1-11(2)7-8-16(14-5-6-14)10-12-3-4-13(15)9-12/h11-14H,3-10,15H2,1-2H3. The molecule has 0 aromatic heterocycles. The zero-order valence-electron chi connectivity index (χ0n) is 11.0. The van der Waals surface area contributed by atoms with Gasteiger partial charge in [-0.2, -0.15) is 0 Å². The van der Waals surface area contributed by atoms with E-state index in [0.29, 0.717) is 6.04 Å². The van der Waals surface area contributed by atoms with E-state index >= 15 is 0 Å². The Morgan fingerprint density at radius 2 is 1.94 bits per heavy atom. The van der Waals surface area contributed by atoms with E-state index in [1.165, 1.54) is 51.6 Å². The van der Waals surface area contributed by atoms with Crippen LogP contribution in [0.1, 0.15) is 52.4 Å². The monoisotopic (exact) mass is 224 g/mol. The molecule has 2 rings (SSSR count). The average molecular weight is 224 g/mol. The van der Waals surface area contributed by atoms with Gasteiger partial charge in [-0.3, -0.25) is 0 Å². The Labute approximate surface area is 101 Å². The number of rotatable bonds is 6. The first kappa shape index (κ1) is 12.4. The highest BCUT2D eigenvalue weighted by atomic mass is 15.2. The third-order valence-corrected chi connectivity index (χ3v) is 4.13. The largest absolute Gasteiger partial charge is 0.328 e. The van der Waals surface area contributed by atoms with Crippen molar-refractivity contribution in [3.05, 3.63) is 0 Å². The first-order valence-corrected chi connectivity index (χ1v) is 7.14. The third-order valence-electron chi connectivity index (χ3n) is 4.13. The molecule has 0 aromatic carbocycles. The lowest BCUT2D eigenvalue weighted by molar-refractivity contribution is 0.210. The van der Waals surface area contributed by atoms with E-state index in [0.717, 1.165) is 17.9 Å². The van der Waals surface area contributed by atoms with Crippen molar-refractivity contribution in [2.75, 3.05) is 13.1 Å². The summed E-state index contributed by atoms with van der Waals surface area (Å²) in [5, 5.41) is 0. The quantitative estimate of drug-likeness (QED) is 0.751. The van der Waals surface area contributed by atoms with E-state index in [9.17, 15) is 0 Å². The van der Waals surface area contributed by atoms with E-state index in [4.69, 9.17) is 5.73 Å². The summed E-state index contributed by atoms with van der Waals surface area (Å²) in [6, 6.07) is 1.42. The van der Waals surface area contributed by atoms with Crippen LogP contribution in [-0.2, 0) is 0 Å². The maximum Gasteiger partial charge on any atom is 0.00965 e. The summed E-state index contributed by atoms with van der Waals surface area (Å²) in [6.45, 7) is 7.30. The van der Waals surface area contributed by atoms with Gasteiger partial charge < -0.3 is 10.6 Å². The lowest BCUT2D eigenvalue weighted by Crippen LogP contribution is -2.33. The smallest absolute Gasteiger partial charge is 0.00965 e. The van der Waals surface area contributed by atoms with Crippen molar-refractivity contribution in [2.45, 2.75) is 64.5 Å². The lowest BCUT2D eigenvalue weighted by atomic mass is 10.1. The van der Waals surface area contributed by atoms with Gasteiger partial charge in [0, 0.05) is 18.6 Å². The Kier molecular flexibility index (Phi) is 4.26. The highest BCUT2D eigenvalue weighted by Gasteiger charge is 2.32. The molecule has 2 N–H and O–H groups in total. The summed E-state index contributed by atoms with van der Waals surface area (Å²) in [4.78, 5) is 2.75. The Morgan fingerprint density at radius 1 is 1.19 bits per heavy atom. The minimum Gasteiger partial charge on any atom is -0.328 e. The molecule has 2 aliphatic rings. The van der Waals surface area contributed by atoms with Gasteiger partial charge in [0.1, 0.15) is 0 Å². The van der Waals surface area contributed by atoms with Crippen LogP contribution in [0, 0.1) is 11.8 Å². The highest BCUT2D eigenvalue weighted by Crippen LogP contribution is 2.31. The van der Waals surface area contributed by atoms with Crippen LogP contribution in [0.25, 0.3) is 0 Å². The first-order valence-electron chi connectivity index (χ1n) is 7.14. The van der Waals surface area contributed by atoms with E-state index in [1.54, 1.807) is 0 Å². The van der Waals surface area contributed by atoms with Gasteiger partial charge in [-0.1, -0.05) is 13.8 Å². The summed E-state index contributed by atoms with van der Waals surface area (Å²) < 4.78 is 0. The molecule has 0 aromatic rings.